The summed E-state index contributed by atoms with van der Waals surface area (Å²) in [6.07, 6.45) is 1.78. The van der Waals surface area contributed by atoms with Gasteiger partial charge in [-0.2, -0.15) is 0 Å². The van der Waals surface area contributed by atoms with Crippen molar-refractivity contribution < 1.29 is 28.7 Å². The number of hydrogen-bond donors (Lipinski definition) is 2. The molecule has 0 aromatic heterocycles. The van der Waals surface area contributed by atoms with Crippen LogP contribution in [-0.2, 0) is 23.9 Å². The number of hydrazine groups is 1. The lowest BCUT2D eigenvalue weighted by molar-refractivity contribution is -0.148. The molecule has 7 rings (SSSR count). The van der Waals surface area contributed by atoms with E-state index in [9.17, 15) is 24.0 Å². The number of carbonyl (C=O) groups is 5. The van der Waals surface area contributed by atoms with Gasteiger partial charge >= 0.3 is 5.97 Å². The summed E-state index contributed by atoms with van der Waals surface area (Å²) < 4.78 is 5.82. The zero-order valence-electron chi connectivity index (χ0n) is 23.3. The fourth-order valence-corrected chi connectivity index (χ4v) is 6.99. The van der Waals surface area contributed by atoms with E-state index >= 15 is 0 Å². The highest BCUT2D eigenvalue weighted by Gasteiger charge is 2.61. The van der Waals surface area contributed by atoms with Crippen molar-refractivity contribution in [3.8, 4) is 0 Å². The van der Waals surface area contributed by atoms with Gasteiger partial charge in [-0.1, -0.05) is 70.9 Å². The average Bonchev–Trinajstić information content (AvgIpc) is 3.28. The molecule has 0 saturated carbocycles. The van der Waals surface area contributed by atoms with Crippen molar-refractivity contribution in [3.05, 3.63) is 105 Å². The largest absolute Gasteiger partial charge is 0.455 e. The minimum Gasteiger partial charge on any atom is -0.455 e. The van der Waals surface area contributed by atoms with Crippen LogP contribution in [0.5, 0.6) is 0 Å². The monoisotopic (exact) mass is 643 g/mol. The maximum atomic E-state index is 13.6. The van der Waals surface area contributed by atoms with Crippen LogP contribution in [0.25, 0.3) is 0 Å². The highest BCUT2D eigenvalue weighted by molar-refractivity contribution is 9.10. The molecule has 4 aliphatic rings. The lowest BCUT2D eigenvalue weighted by Crippen LogP contribution is -2.43. The first-order chi connectivity index (χ1) is 20.8. The Kier molecular flexibility index (Phi) is 8.12. The van der Waals surface area contributed by atoms with Gasteiger partial charge < -0.3 is 4.74 Å². The number of imide groups is 1. The van der Waals surface area contributed by atoms with Crippen LogP contribution in [0.3, 0.4) is 0 Å². The molecule has 1 aliphatic heterocycles. The fraction of sp³-hybridized carbons (Fsp3) is 0.303. The molecule has 43 heavy (non-hydrogen) atoms. The van der Waals surface area contributed by atoms with Crippen LogP contribution in [0.15, 0.2) is 77.3 Å². The van der Waals surface area contributed by atoms with Gasteiger partial charge in [0.05, 0.1) is 11.8 Å². The molecular weight excluding hydrogens is 614 g/mol. The number of esters is 1. The van der Waals surface area contributed by atoms with E-state index in [0.717, 1.165) is 26.7 Å². The Morgan fingerprint density at radius 1 is 0.721 bits per heavy atom. The summed E-state index contributed by atoms with van der Waals surface area (Å²) in [7, 11) is 0. The third kappa shape index (κ3) is 5.47. The molecule has 2 bridgehead atoms. The van der Waals surface area contributed by atoms with E-state index in [1.54, 1.807) is 24.3 Å². The number of unbranched alkanes of at least 4 members (excludes halogenated alkanes) is 2. The quantitative estimate of drug-likeness (QED) is 0.156. The molecule has 0 unspecified atom stereocenters. The summed E-state index contributed by atoms with van der Waals surface area (Å²) in [5.41, 5.74) is 9.43. The Morgan fingerprint density at radius 2 is 1.26 bits per heavy atom. The zero-order valence-corrected chi connectivity index (χ0v) is 24.8. The average molecular weight is 645 g/mol. The Morgan fingerprint density at radius 3 is 1.79 bits per heavy atom. The Bertz CT molecular complexity index is 1490. The molecule has 10 heteroatoms. The van der Waals surface area contributed by atoms with E-state index in [2.05, 4.69) is 51.0 Å². The predicted molar refractivity (Wildman–Crippen MR) is 159 cm³/mol. The predicted octanol–water partition coefficient (Wildman–Crippen LogP) is 4.21. The highest BCUT2D eigenvalue weighted by atomic mass is 79.9. The number of ether oxygens (including phenoxy) is 1. The Labute approximate surface area is 257 Å². The molecule has 3 aromatic rings. The number of amides is 4. The van der Waals surface area contributed by atoms with Crippen molar-refractivity contribution in [1.82, 2.24) is 15.8 Å². The summed E-state index contributed by atoms with van der Waals surface area (Å²) in [4.78, 5) is 64.8. The molecular formula is C33H30BrN3O6. The molecule has 1 saturated heterocycles. The molecule has 0 spiro atoms. The molecule has 4 amide bonds. The Hall–Kier alpha value is -4.31. The van der Waals surface area contributed by atoms with Crippen LogP contribution in [0, 0.1) is 11.8 Å². The number of benzene rings is 3. The van der Waals surface area contributed by atoms with Gasteiger partial charge in [-0.15, -0.1) is 0 Å². The van der Waals surface area contributed by atoms with Crippen LogP contribution >= 0.6 is 15.9 Å². The Balaban J connectivity index is 0.950. The van der Waals surface area contributed by atoms with Crippen molar-refractivity contribution in [2.75, 3.05) is 13.2 Å². The van der Waals surface area contributed by atoms with Crippen molar-refractivity contribution in [2.45, 2.75) is 37.5 Å². The van der Waals surface area contributed by atoms with Crippen LogP contribution in [0.1, 0.15) is 70.1 Å². The van der Waals surface area contributed by atoms with Gasteiger partial charge in [0.15, 0.2) is 6.61 Å². The van der Waals surface area contributed by atoms with E-state index in [0.29, 0.717) is 31.4 Å². The zero-order chi connectivity index (χ0) is 30.1. The molecule has 1 heterocycles. The molecule has 220 valence electrons. The minimum absolute atomic E-state index is 0.0977. The molecule has 2 atom stereocenters. The summed E-state index contributed by atoms with van der Waals surface area (Å²) in [6.45, 7) is -0.210. The number of hydrogen-bond acceptors (Lipinski definition) is 6. The number of carbonyl (C=O) groups excluding carboxylic acids is 5. The summed E-state index contributed by atoms with van der Waals surface area (Å²) in [5, 5.41) is 0. The maximum absolute atomic E-state index is 13.6. The van der Waals surface area contributed by atoms with Gasteiger partial charge in [-0.3, -0.25) is 39.7 Å². The first-order valence-corrected chi connectivity index (χ1v) is 15.2. The van der Waals surface area contributed by atoms with Gasteiger partial charge in [0.2, 0.25) is 11.8 Å². The van der Waals surface area contributed by atoms with Gasteiger partial charge in [0, 0.05) is 34.8 Å². The van der Waals surface area contributed by atoms with Crippen LogP contribution in [0.4, 0.5) is 0 Å². The van der Waals surface area contributed by atoms with Crippen LogP contribution in [-0.4, -0.2) is 47.6 Å². The molecule has 0 radical (unpaired) electrons. The second kappa shape index (κ2) is 12.1. The van der Waals surface area contributed by atoms with Crippen molar-refractivity contribution in [3.63, 3.8) is 0 Å². The first-order valence-electron chi connectivity index (χ1n) is 14.4. The van der Waals surface area contributed by atoms with E-state index in [1.807, 2.05) is 24.3 Å². The second-order valence-corrected chi connectivity index (χ2v) is 12.0. The maximum Gasteiger partial charge on any atom is 0.306 e. The third-order valence-corrected chi connectivity index (χ3v) is 9.12. The molecule has 2 N–H and O–H groups in total. The van der Waals surface area contributed by atoms with E-state index < -0.39 is 24.4 Å². The second-order valence-electron chi connectivity index (χ2n) is 11.1. The highest BCUT2D eigenvalue weighted by Crippen LogP contribution is 2.60. The molecule has 1 fully saturated rings. The van der Waals surface area contributed by atoms with Crippen LogP contribution in [0.2, 0.25) is 0 Å². The standard InChI is InChI=1S/C33H30BrN3O6/c34-20-15-13-19(14-16-20)31(40)36-35-25(38)18-43-26(39)12-2-1-7-17-37-32(41)29-27-21-8-3-4-9-22(21)28(30(29)33(37)42)24-11-6-5-10-23(24)27/h3-6,8-11,13-16,27-30H,1-2,7,12,17-18H2,(H,35,38)(H,36,40)/t27?,28?,29-,30+. The van der Waals surface area contributed by atoms with Crippen LogP contribution < -0.4 is 10.9 Å². The number of rotatable bonds is 9. The molecule has 3 aromatic carbocycles. The lowest BCUT2D eigenvalue weighted by atomic mass is 9.55. The van der Waals surface area contributed by atoms with Crippen molar-refractivity contribution in [2.24, 2.45) is 11.8 Å². The normalized spacial score (nSPS) is 21.1. The SMILES string of the molecule is O=C(COC(=O)CCCCCN1C(=O)[C@@H]2C3c4ccccc4C(c4ccccc43)[C@@H]2C1=O)NNC(=O)c1ccc(Br)cc1. The molecule has 3 aliphatic carbocycles. The molecule has 9 nitrogen and oxygen atoms in total. The lowest BCUT2D eigenvalue weighted by Gasteiger charge is -2.45. The number of nitrogens with one attached hydrogen (secondary N) is 2. The van der Waals surface area contributed by atoms with Crippen molar-refractivity contribution >= 4 is 45.5 Å². The van der Waals surface area contributed by atoms with Gasteiger partial charge in [-0.05, 0) is 59.4 Å². The smallest absolute Gasteiger partial charge is 0.306 e. The van der Waals surface area contributed by atoms with E-state index in [4.69, 9.17) is 4.74 Å². The number of halogens is 1. The van der Waals surface area contributed by atoms with E-state index in [1.165, 1.54) is 4.90 Å². The first kappa shape index (κ1) is 28.8. The summed E-state index contributed by atoms with van der Waals surface area (Å²) in [5.74, 6) is -2.92. The van der Waals surface area contributed by atoms with Gasteiger partial charge in [0.25, 0.3) is 11.8 Å². The van der Waals surface area contributed by atoms with Gasteiger partial charge in [-0.25, -0.2) is 0 Å². The third-order valence-electron chi connectivity index (χ3n) is 8.59. The van der Waals surface area contributed by atoms with Crippen molar-refractivity contribution in [1.29, 1.82) is 0 Å². The van der Waals surface area contributed by atoms with E-state index in [-0.39, 0.29) is 41.9 Å². The topological polar surface area (TPSA) is 122 Å². The number of likely N-dealkylation sites (tertiary alicyclic amines) is 1. The summed E-state index contributed by atoms with van der Waals surface area (Å²) in [6, 6.07) is 22.9. The minimum atomic E-state index is -0.662. The summed E-state index contributed by atoms with van der Waals surface area (Å²) >= 11 is 3.29. The fourth-order valence-electron chi connectivity index (χ4n) is 6.73. The van der Waals surface area contributed by atoms with Gasteiger partial charge in [0.1, 0.15) is 0 Å². The number of nitrogens with zero attached hydrogens (tertiary/aromatic N) is 1.